The van der Waals surface area contributed by atoms with E-state index in [1.807, 2.05) is 18.2 Å². The minimum Gasteiger partial charge on any atom is -0.465 e. The van der Waals surface area contributed by atoms with Gasteiger partial charge in [0, 0.05) is 38.6 Å². The summed E-state index contributed by atoms with van der Waals surface area (Å²) < 4.78 is 4.63. The Balaban J connectivity index is 0.000000130. The lowest BCUT2D eigenvalue weighted by Crippen LogP contribution is -2.22. The Kier molecular flexibility index (Phi) is 5.06. The predicted molar refractivity (Wildman–Crippen MR) is 113 cm³/mol. The van der Waals surface area contributed by atoms with E-state index in [4.69, 9.17) is 5.11 Å². The molecule has 2 saturated carbocycles. The number of aromatic nitrogens is 2. The first-order chi connectivity index (χ1) is 14.6. The van der Waals surface area contributed by atoms with Gasteiger partial charge in [0.05, 0.1) is 19.3 Å². The molecule has 2 aliphatic carbocycles. The summed E-state index contributed by atoms with van der Waals surface area (Å²) in [5.41, 5.74) is 1.40. The summed E-state index contributed by atoms with van der Waals surface area (Å²) >= 11 is 0. The fourth-order valence-corrected chi connectivity index (χ4v) is 4.68. The van der Waals surface area contributed by atoms with Gasteiger partial charge in [-0.2, -0.15) is 0 Å². The van der Waals surface area contributed by atoms with Gasteiger partial charge in [0.1, 0.15) is 11.6 Å². The molecule has 7 nitrogen and oxygen atoms in total. The van der Waals surface area contributed by atoms with Crippen LogP contribution in [0.5, 0.6) is 0 Å². The number of rotatable bonds is 4. The van der Waals surface area contributed by atoms with Crippen molar-refractivity contribution in [2.24, 2.45) is 23.7 Å². The first-order valence-corrected chi connectivity index (χ1v) is 10.7. The van der Waals surface area contributed by atoms with Crippen LogP contribution in [0.3, 0.4) is 0 Å². The number of carbonyl (C=O) groups is 1. The maximum absolute atomic E-state index is 11.2. The molecule has 0 spiro atoms. The van der Waals surface area contributed by atoms with Crippen molar-refractivity contribution in [3.05, 3.63) is 47.8 Å². The molecular formula is C23H28N4O3. The number of aliphatic hydroxyl groups excluding tert-OH is 1. The first kappa shape index (κ1) is 19.3. The van der Waals surface area contributed by atoms with E-state index >= 15 is 0 Å². The lowest BCUT2D eigenvalue weighted by atomic mass is 10.3. The van der Waals surface area contributed by atoms with E-state index in [1.54, 1.807) is 18.5 Å². The summed E-state index contributed by atoms with van der Waals surface area (Å²) in [7, 11) is 1.38. The largest absolute Gasteiger partial charge is 0.465 e. The zero-order valence-electron chi connectivity index (χ0n) is 17.3. The van der Waals surface area contributed by atoms with Crippen LogP contribution in [-0.2, 0) is 11.3 Å². The SMILES string of the molecule is COC(=O)c1ccc(N2CC3CC3C2)nc1.OCc1ccc(N2CC3CC3C2)nc1. The highest BCUT2D eigenvalue weighted by Crippen LogP contribution is 2.46. The van der Waals surface area contributed by atoms with Crippen molar-refractivity contribution < 1.29 is 14.6 Å². The zero-order chi connectivity index (χ0) is 20.7. The van der Waals surface area contributed by atoms with Crippen LogP contribution < -0.4 is 9.80 Å². The van der Waals surface area contributed by atoms with E-state index in [9.17, 15) is 4.79 Å². The van der Waals surface area contributed by atoms with E-state index in [2.05, 4.69) is 24.5 Å². The van der Waals surface area contributed by atoms with Crippen LogP contribution in [0.15, 0.2) is 36.7 Å². The summed E-state index contributed by atoms with van der Waals surface area (Å²) in [4.78, 5) is 24.5. The standard InChI is InChI=1S/C12H14N2O2.C11H14N2O/c1-16-12(15)8-2-3-11(13-5-8)14-6-9-4-10(9)7-14;14-7-8-1-2-11(12-4-8)13-5-9-3-10(9)6-13/h2-3,5,9-10H,4,6-7H2,1H3;1-2,4,9-10,14H,3,5-7H2. The highest BCUT2D eigenvalue weighted by molar-refractivity contribution is 5.89. The van der Waals surface area contributed by atoms with Gasteiger partial charge in [-0.3, -0.25) is 0 Å². The van der Waals surface area contributed by atoms with Crippen molar-refractivity contribution in [3.8, 4) is 0 Å². The minimum atomic E-state index is -0.330. The summed E-state index contributed by atoms with van der Waals surface area (Å²) in [6.07, 6.45) is 6.16. The van der Waals surface area contributed by atoms with Crippen LogP contribution in [0.2, 0.25) is 0 Å². The molecule has 4 heterocycles. The predicted octanol–water partition coefficient (Wildman–Crippen LogP) is 2.35. The molecule has 6 rings (SSSR count). The van der Waals surface area contributed by atoms with Gasteiger partial charge in [-0.15, -0.1) is 0 Å². The molecule has 2 saturated heterocycles. The third kappa shape index (κ3) is 3.99. The summed E-state index contributed by atoms with van der Waals surface area (Å²) in [5, 5.41) is 8.89. The molecule has 4 aliphatic rings. The number of nitrogens with zero attached hydrogens (tertiary/aromatic N) is 4. The zero-order valence-corrected chi connectivity index (χ0v) is 17.3. The molecule has 2 aromatic heterocycles. The molecule has 2 aromatic rings. The Labute approximate surface area is 176 Å². The molecule has 0 aromatic carbocycles. The van der Waals surface area contributed by atoms with E-state index in [1.165, 1.54) is 33.0 Å². The second-order valence-corrected chi connectivity index (χ2v) is 8.90. The Morgan fingerprint density at radius 1 is 0.933 bits per heavy atom. The van der Waals surface area contributed by atoms with Crippen LogP contribution in [0.25, 0.3) is 0 Å². The van der Waals surface area contributed by atoms with Gasteiger partial charge in [0.2, 0.25) is 0 Å². The number of hydrogen-bond acceptors (Lipinski definition) is 7. The lowest BCUT2D eigenvalue weighted by Gasteiger charge is -2.18. The number of piperidine rings is 2. The number of hydrogen-bond donors (Lipinski definition) is 1. The summed E-state index contributed by atoms with van der Waals surface area (Å²) in [6, 6.07) is 7.64. The Bertz CT molecular complexity index is 882. The Hall–Kier alpha value is -2.67. The second-order valence-electron chi connectivity index (χ2n) is 8.90. The number of carbonyl (C=O) groups excluding carboxylic acids is 1. The minimum absolute atomic E-state index is 0.0819. The molecule has 0 radical (unpaired) electrons. The van der Waals surface area contributed by atoms with Gasteiger partial charge in [-0.25, -0.2) is 14.8 Å². The van der Waals surface area contributed by atoms with Crippen molar-refractivity contribution >= 4 is 17.6 Å². The van der Waals surface area contributed by atoms with Crippen molar-refractivity contribution in [3.63, 3.8) is 0 Å². The monoisotopic (exact) mass is 408 g/mol. The van der Waals surface area contributed by atoms with Crippen LogP contribution in [0.1, 0.15) is 28.8 Å². The lowest BCUT2D eigenvalue weighted by molar-refractivity contribution is 0.0600. The molecule has 0 bridgehead atoms. The Morgan fingerprint density at radius 2 is 1.47 bits per heavy atom. The Morgan fingerprint density at radius 3 is 1.87 bits per heavy atom. The number of anilines is 2. The van der Waals surface area contributed by atoms with Crippen LogP contribution in [-0.4, -0.2) is 54.3 Å². The number of ether oxygens (including phenoxy) is 1. The average molecular weight is 409 g/mol. The molecule has 158 valence electrons. The van der Waals surface area contributed by atoms with Gasteiger partial charge < -0.3 is 19.6 Å². The van der Waals surface area contributed by atoms with E-state index in [0.717, 1.165) is 54.0 Å². The van der Waals surface area contributed by atoms with Crippen molar-refractivity contribution in [1.29, 1.82) is 0 Å². The number of pyridine rings is 2. The number of methoxy groups -OCH3 is 1. The molecule has 1 N–H and O–H groups in total. The van der Waals surface area contributed by atoms with Crippen LogP contribution in [0, 0.1) is 23.7 Å². The molecule has 0 amide bonds. The van der Waals surface area contributed by atoms with E-state index < -0.39 is 0 Å². The second kappa shape index (κ2) is 7.87. The fourth-order valence-electron chi connectivity index (χ4n) is 4.68. The third-order valence-electron chi connectivity index (χ3n) is 6.77. The molecule has 2 aliphatic heterocycles. The van der Waals surface area contributed by atoms with Gasteiger partial charge in [-0.1, -0.05) is 6.07 Å². The molecule has 4 fully saturated rings. The first-order valence-electron chi connectivity index (χ1n) is 10.7. The van der Waals surface area contributed by atoms with Gasteiger partial charge >= 0.3 is 5.97 Å². The highest BCUT2D eigenvalue weighted by atomic mass is 16.5. The maximum atomic E-state index is 11.2. The summed E-state index contributed by atoms with van der Waals surface area (Å²) in [5.74, 6) is 5.37. The van der Waals surface area contributed by atoms with Crippen LogP contribution in [0.4, 0.5) is 11.6 Å². The van der Waals surface area contributed by atoms with Gasteiger partial charge in [0.25, 0.3) is 0 Å². The van der Waals surface area contributed by atoms with Crippen LogP contribution >= 0.6 is 0 Å². The van der Waals surface area contributed by atoms with Gasteiger partial charge in [-0.05, 0) is 60.3 Å². The molecule has 4 atom stereocenters. The molecule has 7 heteroatoms. The fraction of sp³-hybridized carbons (Fsp3) is 0.522. The van der Waals surface area contributed by atoms with Crippen molar-refractivity contribution in [1.82, 2.24) is 9.97 Å². The number of fused-ring (bicyclic) bond motifs is 2. The highest BCUT2D eigenvalue weighted by Gasteiger charge is 2.46. The molecule has 30 heavy (non-hydrogen) atoms. The molecule has 4 unspecified atom stereocenters. The maximum Gasteiger partial charge on any atom is 0.339 e. The number of esters is 1. The quantitative estimate of drug-likeness (QED) is 0.778. The van der Waals surface area contributed by atoms with E-state index in [-0.39, 0.29) is 12.6 Å². The topological polar surface area (TPSA) is 78.8 Å². The smallest absolute Gasteiger partial charge is 0.339 e. The third-order valence-corrected chi connectivity index (χ3v) is 6.77. The van der Waals surface area contributed by atoms with Gasteiger partial charge in [0.15, 0.2) is 0 Å². The number of aliphatic hydroxyl groups is 1. The average Bonchev–Trinajstić information content (AvgIpc) is 3.65. The van der Waals surface area contributed by atoms with Crippen molar-refractivity contribution in [2.45, 2.75) is 19.4 Å². The summed E-state index contributed by atoms with van der Waals surface area (Å²) in [6.45, 7) is 4.68. The molecular weight excluding hydrogens is 380 g/mol. The normalized spacial score (nSPS) is 27.7. The van der Waals surface area contributed by atoms with E-state index in [0.29, 0.717) is 5.56 Å². The van der Waals surface area contributed by atoms with Crippen molar-refractivity contribution in [2.75, 3.05) is 43.1 Å².